The number of ether oxygens (including phenoxy) is 1. The highest BCUT2D eigenvalue weighted by Gasteiger charge is 2.15. The average Bonchev–Trinajstić information content (AvgIpc) is 2.86. The van der Waals surface area contributed by atoms with Crippen LogP contribution in [0.4, 0.5) is 0 Å². The number of hydrogen-bond donors (Lipinski definition) is 2. The van der Waals surface area contributed by atoms with Gasteiger partial charge in [-0.3, -0.25) is 16.0 Å². The van der Waals surface area contributed by atoms with Gasteiger partial charge in [-0.15, -0.1) is 0 Å². The number of aromatic nitrogens is 2. The van der Waals surface area contributed by atoms with Crippen molar-refractivity contribution < 1.29 is 4.74 Å². The molecule has 1 aromatic carbocycles. The van der Waals surface area contributed by atoms with Crippen LogP contribution in [0.15, 0.2) is 34.9 Å². The molecule has 108 valence electrons. The third-order valence-corrected chi connectivity index (χ3v) is 3.88. The maximum atomic E-state index is 5.70. The number of methoxy groups -OCH3 is 1. The van der Waals surface area contributed by atoms with Crippen LogP contribution in [-0.2, 0) is 13.5 Å². The molecule has 0 spiro atoms. The van der Waals surface area contributed by atoms with Gasteiger partial charge in [-0.05, 0) is 31.0 Å². The summed E-state index contributed by atoms with van der Waals surface area (Å²) in [5, 5.41) is 4.17. The van der Waals surface area contributed by atoms with Gasteiger partial charge in [0.25, 0.3) is 0 Å². The van der Waals surface area contributed by atoms with Crippen LogP contribution in [0.5, 0.6) is 5.75 Å². The van der Waals surface area contributed by atoms with E-state index in [0.29, 0.717) is 0 Å². The maximum Gasteiger partial charge on any atom is 0.124 e. The van der Waals surface area contributed by atoms with Gasteiger partial charge in [-0.2, -0.15) is 5.10 Å². The Morgan fingerprint density at radius 3 is 2.85 bits per heavy atom. The van der Waals surface area contributed by atoms with Crippen LogP contribution in [0.25, 0.3) is 0 Å². The number of aryl methyl sites for hydroxylation is 2. The molecule has 5 nitrogen and oxygen atoms in total. The summed E-state index contributed by atoms with van der Waals surface area (Å²) < 4.78 is 8.29. The van der Waals surface area contributed by atoms with Crippen LogP contribution < -0.4 is 16.0 Å². The summed E-state index contributed by atoms with van der Waals surface area (Å²) in [5.74, 6) is 6.53. The lowest BCUT2D eigenvalue weighted by Gasteiger charge is -2.19. The monoisotopic (exact) mass is 338 g/mol. The number of benzene rings is 1. The Morgan fingerprint density at radius 1 is 1.45 bits per heavy atom. The van der Waals surface area contributed by atoms with E-state index in [1.54, 1.807) is 13.3 Å². The van der Waals surface area contributed by atoms with Crippen molar-refractivity contribution in [1.29, 1.82) is 0 Å². The van der Waals surface area contributed by atoms with Crippen molar-refractivity contribution in [2.45, 2.75) is 18.9 Å². The van der Waals surface area contributed by atoms with Gasteiger partial charge in [0.1, 0.15) is 5.75 Å². The molecular weight excluding hydrogens is 320 g/mol. The van der Waals surface area contributed by atoms with Crippen LogP contribution in [0, 0.1) is 0 Å². The Bertz CT molecular complexity index is 570. The van der Waals surface area contributed by atoms with E-state index in [1.165, 1.54) is 5.69 Å². The number of hydrogen-bond acceptors (Lipinski definition) is 4. The molecule has 0 aliphatic carbocycles. The van der Waals surface area contributed by atoms with Crippen LogP contribution in [0.2, 0.25) is 0 Å². The van der Waals surface area contributed by atoms with Gasteiger partial charge in [0.05, 0.1) is 7.11 Å². The fraction of sp³-hybridized carbons (Fsp3) is 0.357. The normalized spacial score (nSPS) is 12.4. The maximum absolute atomic E-state index is 5.70. The second-order valence-corrected chi connectivity index (χ2v) is 5.51. The molecule has 0 radical (unpaired) electrons. The molecular formula is C14H19BrN4O. The second-order valence-electron chi connectivity index (χ2n) is 4.59. The van der Waals surface area contributed by atoms with Crippen molar-refractivity contribution in [3.05, 3.63) is 46.2 Å². The van der Waals surface area contributed by atoms with Gasteiger partial charge in [-0.25, -0.2) is 0 Å². The molecule has 2 rings (SSSR count). The molecule has 6 heteroatoms. The number of hydrazine groups is 1. The summed E-state index contributed by atoms with van der Waals surface area (Å²) in [6.45, 7) is 0. The molecule has 20 heavy (non-hydrogen) atoms. The Morgan fingerprint density at radius 2 is 2.25 bits per heavy atom. The van der Waals surface area contributed by atoms with Gasteiger partial charge in [0, 0.05) is 35.0 Å². The lowest BCUT2D eigenvalue weighted by Crippen LogP contribution is -2.29. The summed E-state index contributed by atoms with van der Waals surface area (Å²) in [6.07, 6.45) is 3.57. The van der Waals surface area contributed by atoms with E-state index in [4.69, 9.17) is 10.6 Å². The summed E-state index contributed by atoms with van der Waals surface area (Å²) in [6, 6.07) is 8.02. The van der Waals surface area contributed by atoms with E-state index in [1.807, 2.05) is 36.0 Å². The lowest BCUT2D eigenvalue weighted by atomic mass is 10.0. The lowest BCUT2D eigenvalue weighted by molar-refractivity contribution is 0.395. The zero-order valence-electron chi connectivity index (χ0n) is 11.6. The molecule has 0 aliphatic heterocycles. The number of nitrogens with zero attached hydrogens (tertiary/aromatic N) is 2. The van der Waals surface area contributed by atoms with Crippen molar-refractivity contribution in [3.63, 3.8) is 0 Å². The summed E-state index contributed by atoms with van der Waals surface area (Å²) in [7, 11) is 3.61. The molecule has 3 N–H and O–H groups in total. The van der Waals surface area contributed by atoms with Crippen LogP contribution in [0.3, 0.4) is 0 Å². The highest BCUT2D eigenvalue weighted by molar-refractivity contribution is 9.10. The number of nitrogens with two attached hydrogens (primary N) is 1. The SMILES string of the molecule is COc1cc(Br)ccc1C(CCc1ccnn1C)NN. The molecule has 0 saturated carbocycles. The predicted molar refractivity (Wildman–Crippen MR) is 82.3 cm³/mol. The largest absolute Gasteiger partial charge is 0.496 e. The van der Waals surface area contributed by atoms with Crippen LogP contribution in [0.1, 0.15) is 23.7 Å². The highest BCUT2D eigenvalue weighted by atomic mass is 79.9. The molecule has 1 atom stereocenters. The third-order valence-electron chi connectivity index (χ3n) is 3.38. The summed E-state index contributed by atoms with van der Waals surface area (Å²) in [5.41, 5.74) is 5.11. The molecule has 1 aromatic heterocycles. The molecule has 0 saturated heterocycles. The molecule has 0 amide bonds. The Balaban J connectivity index is 2.14. The first-order valence-corrected chi connectivity index (χ1v) is 7.21. The first-order chi connectivity index (χ1) is 9.65. The molecule has 1 heterocycles. The zero-order chi connectivity index (χ0) is 14.5. The fourth-order valence-corrected chi connectivity index (χ4v) is 2.58. The predicted octanol–water partition coefficient (Wildman–Crippen LogP) is 2.33. The van der Waals surface area contributed by atoms with E-state index in [2.05, 4.69) is 26.5 Å². The number of nitrogens with one attached hydrogen (secondary N) is 1. The summed E-state index contributed by atoms with van der Waals surface area (Å²) >= 11 is 3.44. The van der Waals surface area contributed by atoms with Crippen molar-refractivity contribution in [2.24, 2.45) is 12.9 Å². The standard InChI is InChI=1S/C14H19BrN4O/c1-19-11(7-8-17-19)4-6-13(18-16)12-5-3-10(15)9-14(12)20-2/h3,5,7-9,13,18H,4,6,16H2,1-2H3. The first-order valence-electron chi connectivity index (χ1n) is 6.42. The number of halogens is 1. The molecule has 2 aromatic rings. The van der Waals surface area contributed by atoms with Gasteiger partial charge < -0.3 is 4.74 Å². The minimum absolute atomic E-state index is 0.0351. The quantitative estimate of drug-likeness (QED) is 0.626. The molecule has 1 unspecified atom stereocenters. The first kappa shape index (κ1) is 15.0. The van der Waals surface area contributed by atoms with E-state index in [9.17, 15) is 0 Å². The third kappa shape index (κ3) is 3.39. The zero-order valence-corrected chi connectivity index (χ0v) is 13.2. The molecule has 0 bridgehead atoms. The van der Waals surface area contributed by atoms with Gasteiger partial charge in [0.2, 0.25) is 0 Å². The fourth-order valence-electron chi connectivity index (χ4n) is 2.24. The van der Waals surface area contributed by atoms with E-state index < -0.39 is 0 Å². The average molecular weight is 339 g/mol. The van der Waals surface area contributed by atoms with Crippen molar-refractivity contribution in [1.82, 2.24) is 15.2 Å². The van der Waals surface area contributed by atoms with Crippen LogP contribution in [-0.4, -0.2) is 16.9 Å². The Kier molecular flexibility index (Phi) is 5.17. The smallest absolute Gasteiger partial charge is 0.124 e. The Hall–Kier alpha value is -1.37. The van der Waals surface area contributed by atoms with E-state index in [-0.39, 0.29) is 6.04 Å². The molecule has 0 fully saturated rings. The van der Waals surface area contributed by atoms with Gasteiger partial charge >= 0.3 is 0 Å². The second kappa shape index (κ2) is 6.88. The van der Waals surface area contributed by atoms with Crippen molar-refractivity contribution >= 4 is 15.9 Å². The van der Waals surface area contributed by atoms with Gasteiger partial charge in [0.15, 0.2) is 0 Å². The Labute approximate surface area is 127 Å². The van der Waals surface area contributed by atoms with Crippen molar-refractivity contribution in [3.8, 4) is 5.75 Å². The van der Waals surface area contributed by atoms with Crippen molar-refractivity contribution in [2.75, 3.05) is 7.11 Å². The van der Waals surface area contributed by atoms with E-state index in [0.717, 1.165) is 28.6 Å². The summed E-state index contributed by atoms with van der Waals surface area (Å²) in [4.78, 5) is 0. The highest BCUT2D eigenvalue weighted by Crippen LogP contribution is 2.30. The topological polar surface area (TPSA) is 65.1 Å². The molecule has 0 aliphatic rings. The minimum Gasteiger partial charge on any atom is -0.496 e. The minimum atomic E-state index is 0.0351. The van der Waals surface area contributed by atoms with Gasteiger partial charge in [-0.1, -0.05) is 22.0 Å². The van der Waals surface area contributed by atoms with E-state index >= 15 is 0 Å². The van der Waals surface area contributed by atoms with Crippen LogP contribution >= 0.6 is 15.9 Å². The number of rotatable bonds is 6.